The second-order valence-electron chi connectivity index (χ2n) is 2.99. The summed E-state index contributed by atoms with van der Waals surface area (Å²) in [4.78, 5) is 11.4. The first-order valence-electron chi connectivity index (χ1n) is 4.71. The second kappa shape index (κ2) is 4.92. The van der Waals surface area contributed by atoms with Crippen molar-refractivity contribution < 1.29 is 9.13 Å². The van der Waals surface area contributed by atoms with E-state index in [1.807, 2.05) is 0 Å². The fraction of sp³-hybridized carbons (Fsp3) is 0.100. The Labute approximate surface area is 102 Å². The molecule has 17 heavy (non-hydrogen) atoms. The molecule has 0 radical (unpaired) electrons. The topological polar surface area (TPSA) is 59.9 Å². The monoisotopic (exact) mass is 254 g/mol. The lowest BCUT2D eigenvalue weighted by Gasteiger charge is -2.05. The molecule has 0 saturated carbocycles. The van der Waals surface area contributed by atoms with E-state index in [2.05, 4.69) is 20.3 Å². The summed E-state index contributed by atoms with van der Waals surface area (Å²) in [6.45, 7) is 0. The van der Waals surface area contributed by atoms with Crippen molar-refractivity contribution in [1.29, 1.82) is 0 Å². The van der Waals surface area contributed by atoms with E-state index in [0.29, 0.717) is 0 Å². The van der Waals surface area contributed by atoms with Gasteiger partial charge in [-0.25, -0.2) is 4.39 Å². The van der Waals surface area contributed by atoms with E-state index in [4.69, 9.17) is 16.3 Å². The number of nitrogens with one attached hydrogen (secondary N) is 1. The van der Waals surface area contributed by atoms with Crippen LogP contribution in [-0.2, 0) is 0 Å². The Morgan fingerprint density at radius 3 is 2.71 bits per heavy atom. The van der Waals surface area contributed by atoms with Crippen molar-refractivity contribution in [2.24, 2.45) is 0 Å². The number of hydrogen-bond acceptors (Lipinski definition) is 5. The minimum absolute atomic E-state index is 0.0248. The summed E-state index contributed by atoms with van der Waals surface area (Å²) in [7, 11) is 1.62. The van der Waals surface area contributed by atoms with Crippen LogP contribution < -0.4 is 10.1 Å². The standard InChI is InChI=1S/C10H8ClFN4O/c1-13-9-14-8(11)15-10(16-9)17-7-5-3-2-4-6(7)12/h2-5H,1H3,(H,13,14,15,16). The van der Waals surface area contributed by atoms with Crippen LogP contribution in [0.5, 0.6) is 11.8 Å². The molecule has 0 unspecified atom stereocenters. The molecule has 5 nitrogen and oxygen atoms in total. The highest BCUT2D eigenvalue weighted by atomic mass is 35.5. The maximum absolute atomic E-state index is 13.3. The summed E-state index contributed by atoms with van der Waals surface area (Å²) in [5.41, 5.74) is 0. The lowest BCUT2D eigenvalue weighted by atomic mass is 10.3. The van der Waals surface area contributed by atoms with Gasteiger partial charge in [0, 0.05) is 7.05 Å². The largest absolute Gasteiger partial charge is 0.421 e. The van der Waals surface area contributed by atoms with Crippen molar-refractivity contribution in [3.05, 3.63) is 35.4 Å². The van der Waals surface area contributed by atoms with Gasteiger partial charge in [-0.1, -0.05) is 12.1 Å². The molecule has 0 atom stereocenters. The molecule has 0 aliphatic rings. The van der Waals surface area contributed by atoms with Crippen molar-refractivity contribution in [3.63, 3.8) is 0 Å². The van der Waals surface area contributed by atoms with Crippen LogP contribution >= 0.6 is 11.6 Å². The highest BCUT2D eigenvalue weighted by Crippen LogP contribution is 2.22. The maximum Gasteiger partial charge on any atom is 0.328 e. The third-order valence-corrected chi connectivity index (χ3v) is 2.02. The van der Waals surface area contributed by atoms with Crippen LogP contribution in [0.15, 0.2) is 24.3 Å². The smallest absolute Gasteiger partial charge is 0.328 e. The Morgan fingerprint density at radius 1 is 1.24 bits per heavy atom. The zero-order chi connectivity index (χ0) is 12.3. The molecule has 2 rings (SSSR count). The number of hydrogen-bond donors (Lipinski definition) is 1. The van der Waals surface area contributed by atoms with E-state index in [9.17, 15) is 4.39 Å². The zero-order valence-electron chi connectivity index (χ0n) is 8.82. The molecule has 1 aromatic carbocycles. The molecule has 7 heteroatoms. The first-order valence-corrected chi connectivity index (χ1v) is 5.08. The van der Waals surface area contributed by atoms with Crippen LogP contribution in [0.4, 0.5) is 10.3 Å². The SMILES string of the molecule is CNc1nc(Cl)nc(Oc2ccccc2F)n1. The van der Waals surface area contributed by atoms with E-state index in [1.54, 1.807) is 19.2 Å². The van der Waals surface area contributed by atoms with Gasteiger partial charge >= 0.3 is 6.01 Å². The summed E-state index contributed by atoms with van der Waals surface area (Å²) in [6, 6.07) is 5.87. The molecule has 1 heterocycles. The molecular weight excluding hydrogens is 247 g/mol. The highest BCUT2D eigenvalue weighted by molar-refractivity contribution is 6.28. The lowest BCUT2D eigenvalue weighted by molar-refractivity contribution is 0.410. The second-order valence-corrected chi connectivity index (χ2v) is 3.33. The maximum atomic E-state index is 13.3. The molecule has 0 aliphatic carbocycles. The Morgan fingerprint density at radius 2 is 2.00 bits per heavy atom. The molecule has 0 spiro atoms. The molecule has 0 aliphatic heterocycles. The third-order valence-electron chi connectivity index (χ3n) is 1.85. The number of rotatable bonds is 3. The molecule has 2 aromatic rings. The molecule has 0 saturated heterocycles. The van der Waals surface area contributed by atoms with E-state index in [-0.39, 0.29) is 23.0 Å². The van der Waals surface area contributed by atoms with Crippen LogP contribution in [0.3, 0.4) is 0 Å². The predicted molar refractivity (Wildman–Crippen MR) is 60.9 cm³/mol. The zero-order valence-corrected chi connectivity index (χ0v) is 9.57. The molecule has 0 amide bonds. The lowest BCUT2D eigenvalue weighted by Crippen LogP contribution is -2.01. The Hall–Kier alpha value is -1.95. The molecule has 88 valence electrons. The van der Waals surface area contributed by atoms with Gasteiger partial charge in [0.25, 0.3) is 0 Å². The van der Waals surface area contributed by atoms with Gasteiger partial charge in [-0.3, -0.25) is 0 Å². The third kappa shape index (κ3) is 2.79. The number of para-hydroxylation sites is 1. The summed E-state index contributed by atoms with van der Waals surface area (Å²) in [5.74, 6) is -0.233. The first kappa shape index (κ1) is 11.5. The summed E-state index contributed by atoms with van der Waals surface area (Å²) >= 11 is 5.66. The summed E-state index contributed by atoms with van der Waals surface area (Å²) in [6.07, 6.45) is 0. The Balaban J connectivity index is 2.30. The van der Waals surface area contributed by atoms with Crippen LogP contribution in [0, 0.1) is 5.82 Å². The van der Waals surface area contributed by atoms with Gasteiger partial charge in [-0.15, -0.1) is 0 Å². The van der Waals surface area contributed by atoms with Gasteiger partial charge in [0.1, 0.15) is 0 Å². The summed E-state index contributed by atoms with van der Waals surface area (Å²) in [5, 5.41) is 2.66. The minimum Gasteiger partial charge on any atom is -0.421 e. The van der Waals surface area contributed by atoms with Gasteiger partial charge in [0.2, 0.25) is 11.2 Å². The van der Waals surface area contributed by atoms with Crippen molar-refractivity contribution in [2.45, 2.75) is 0 Å². The number of anilines is 1. The van der Waals surface area contributed by atoms with E-state index in [0.717, 1.165) is 0 Å². The Kier molecular flexibility index (Phi) is 3.34. The first-order chi connectivity index (χ1) is 8.19. The predicted octanol–water partition coefficient (Wildman–Crippen LogP) is 2.50. The number of benzene rings is 1. The summed E-state index contributed by atoms with van der Waals surface area (Å²) < 4.78 is 18.5. The van der Waals surface area contributed by atoms with E-state index >= 15 is 0 Å². The average Bonchev–Trinajstić information content (AvgIpc) is 2.31. The quantitative estimate of drug-likeness (QED) is 0.912. The van der Waals surface area contributed by atoms with Crippen LogP contribution in [0.25, 0.3) is 0 Å². The Bertz CT molecular complexity index is 537. The van der Waals surface area contributed by atoms with Gasteiger partial charge in [0.15, 0.2) is 11.6 Å². The number of nitrogens with zero attached hydrogens (tertiary/aromatic N) is 3. The highest BCUT2D eigenvalue weighted by Gasteiger charge is 2.08. The molecular formula is C10H8ClFN4O. The number of ether oxygens (including phenoxy) is 1. The number of aromatic nitrogens is 3. The van der Waals surface area contributed by atoms with Crippen molar-refractivity contribution in [2.75, 3.05) is 12.4 Å². The van der Waals surface area contributed by atoms with Crippen LogP contribution in [0.1, 0.15) is 0 Å². The average molecular weight is 255 g/mol. The number of halogens is 2. The van der Waals surface area contributed by atoms with Crippen LogP contribution in [-0.4, -0.2) is 22.0 Å². The van der Waals surface area contributed by atoms with Crippen LogP contribution in [0.2, 0.25) is 5.28 Å². The molecule has 1 aromatic heterocycles. The van der Waals surface area contributed by atoms with Crippen molar-refractivity contribution in [1.82, 2.24) is 15.0 Å². The fourth-order valence-electron chi connectivity index (χ4n) is 1.12. The van der Waals surface area contributed by atoms with Gasteiger partial charge < -0.3 is 10.1 Å². The molecule has 0 fully saturated rings. The van der Waals surface area contributed by atoms with E-state index in [1.165, 1.54) is 12.1 Å². The van der Waals surface area contributed by atoms with Crippen molar-refractivity contribution in [3.8, 4) is 11.8 Å². The van der Waals surface area contributed by atoms with Crippen molar-refractivity contribution >= 4 is 17.5 Å². The van der Waals surface area contributed by atoms with Gasteiger partial charge in [0.05, 0.1) is 0 Å². The van der Waals surface area contributed by atoms with E-state index < -0.39 is 5.82 Å². The minimum atomic E-state index is -0.505. The normalized spacial score (nSPS) is 10.1. The molecule has 0 bridgehead atoms. The fourth-order valence-corrected chi connectivity index (χ4v) is 1.27. The van der Waals surface area contributed by atoms with Gasteiger partial charge in [-0.05, 0) is 23.7 Å². The molecule has 1 N–H and O–H groups in total. The van der Waals surface area contributed by atoms with Gasteiger partial charge in [-0.2, -0.15) is 15.0 Å².